The number of aromatic amines is 1. The highest BCUT2D eigenvalue weighted by Gasteiger charge is 2.35. The first-order valence-corrected chi connectivity index (χ1v) is 12.3. The molecule has 174 valence electrons. The van der Waals surface area contributed by atoms with Gasteiger partial charge in [-0.2, -0.15) is 17.7 Å². The molecule has 2 aliphatic rings. The zero-order valence-corrected chi connectivity index (χ0v) is 20.2. The number of thiol groups is 1. The highest BCUT2D eigenvalue weighted by molar-refractivity contribution is 7.80. The molecule has 4 aromatic rings. The van der Waals surface area contributed by atoms with Crippen LogP contribution in [0, 0.1) is 6.92 Å². The zero-order chi connectivity index (χ0) is 23.4. The van der Waals surface area contributed by atoms with Crippen LogP contribution in [0.15, 0.2) is 30.7 Å². The van der Waals surface area contributed by atoms with E-state index in [1.807, 2.05) is 23.2 Å². The second-order valence-electron chi connectivity index (χ2n) is 8.72. The van der Waals surface area contributed by atoms with Gasteiger partial charge in [0.25, 0.3) is 0 Å². The number of nitrogens with one attached hydrogen (secondary N) is 1. The van der Waals surface area contributed by atoms with Crippen LogP contribution in [0.5, 0.6) is 5.75 Å². The number of hydrogen-bond donors (Lipinski definition) is 2. The van der Waals surface area contributed by atoms with Gasteiger partial charge in [0.2, 0.25) is 5.91 Å². The lowest BCUT2D eigenvalue weighted by Crippen LogP contribution is -2.56. The molecule has 2 aliphatic heterocycles. The van der Waals surface area contributed by atoms with Crippen LogP contribution in [0.25, 0.3) is 32.9 Å². The van der Waals surface area contributed by atoms with Crippen molar-refractivity contribution in [3.63, 3.8) is 0 Å². The van der Waals surface area contributed by atoms with E-state index in [0.717, 1.165) is 44.3 Å². The van der Waals surface area contributed by atoms with Gasteiger partial charge in [-0.25, -0.2) is 9.97 Å². The Hall–Kier alpha value is -3.04. The molecule has 0 unspecified atom stereocenters. The molecule has 0 spiro atoms. The van der Waals surface area contributed by atoms with Gasteiger partial charge in [0, 0.05) is 37.0 Å². The lowest BCUT2D eigenvalue weighted by atomic mass is 9.95. The molecule has 0 bridgehead atoms. The number of hydrogen-bond acceptors (Lipinski definition) is 7. The number of nitrogens with zero attached hydrogens (tertiary/aromatic N) is 5. The fourth-order valence-corrected chi connectivity index (χ4v) is 5.59. The molecule has 1 N–H and O–H groups in total. The van der Waals surface area contributed by atoms with Crippen molar-refractivity contribution < 1.29 is 9.53 Å². The maximum absolute atomic E-state index is 12.5. The van der Waals surface area contributed by atoms with Crippen molar-refractivity contribution in [2.45, 2.75) is 19.4 Å². The van der Waals surface area contributed by atoms with E-state index in [2.05, 4.69) is 50.7 Å². The van der Waals surface area contributed by atoms with Crippen LogP contribution in [-0.4, -0.2) is 69.0 Å². The quantitative estimate of drug-likeness (QED) is 0.420. The summed E-state index contributed by atoms with van der Waals surface area (Å²) < 4.78 is 6.37. The molecule has 34 heavy (non-hydrogen) atoms. The Kier molecular flexibility index (Phi) is 5.26. The van der Waals surface area contributed by atoms with E-state index < -0.39 is 0 Å². The van der Waals surface area contributed by atoms with Crippen molar-refractivity contribution in [2.24, 2.45) is 0 Å². The number of aryl methyl sites for hydroxylation is 1. The van der Waals surface area contributed by atoms with E-state index in [9.17, 15) is 4.79 Å². The number of H-pyrrole nitrogens is 1. The summed E-state index contributed by atoms with van der Waals surface area (Å²) in [7, 11) is 0. The summed E-state index contributed by atoms with van der Waals surface area (Å²) in [5, 5.41) is 9.59. The van der Waals surface area contributed by atoms with Gasteiger partial charge in [0.05, 0.1) is 33.7 Å². The summed E-state index contributed by atoms with van der Waals surface area (Å²) in [5.41, 5.74) is 4.65. The number of carbonyl (C=O) groups excluding carboxylic acids is 1. The molecule has 2 aromatic carbocycles. The van der Waals surface area contributed by atoms with Crippen LogP contribution in [-0.2, 0) is 4.79 Å². The second kappa shape index (κ2) is 8.32. The molecule has 1 atom stereocenters. The van der Waals surface area contributed by atoms with E-state index in [4.69, 9.17) is 16.3 Å². The average Bonchev–Trinajstić information content (AvgIpc) is 3.25. The zero-order valence-electron chi connectivity index (χ0n) is 18.6. The molecule has 1 saturated heterocycles. The second-order valence-corrected chi connectivity index (χ2v) is 9.54. The maximum atomic E-state index is 12.5. The molecule has 4 heterocycles. The van der Waals surface area contributed by atoms with Crippen LogP contribution in [0.1, 0.15) is 12.0 Å². The summed E-state index contributed by atoms with van der Waals surface area (Å²) in [4.78, 5) is 25.8. The molecule has 1 amide bonds. The minimum Gasteiger partial charge on any atom is -0.489 e. The molecule has 0 aliphatic carbocycles. The van der Waals surface area contributed by atoms with Crippen LogP contribution < -0.4 is 9.64 Å². The van der Waals surface area contributed by atoms with Gasteiger partial charge in [-0.15, -0.1) is 0 Å². The number of ether oxygens (including phenoxy) is 1. The highest BCUT2D eigenvalue weighted by atomic mass is 35.5. The van der Waals surface area contributed by atoms with Crippen molar-refractivity contribution >= 4 is 57.8 Å². The summed E-state index contributed by atoms with van der Waals surface area (Å²) in [6.07, 6.45) is 3.84. The van der Waals surface area contributed by atoms with Crippen molar-refractivity contribution in [1.29, 1.82) is 0 Å². The fraction of sp³-hybridized carbons (Fsp3) is 0.333. The van der Waals surface area contributed by atoms with Crippen molar-refractivity contribution in [1.82, 2.24) is 25.1 Å². The predicted molar refractivity (Wildman–Crippen MR) is 136 cm³/mol. The number of fused-ring (bicyclic) bond motifs is 3. The predicted octanol–water partition coefficient (Wildman–Crippen LogP) is 3.86. The number of anilines is 1. The molecular weight excluding hydrogens is 472 g/mol. The Bertz CT molecular complexity index is 1440. The topological polar surface area (TPSA) is 87.2 Å². The Morgan fingerprint density at radius 3 is 3.06 bits per heavy atom. The van der Waals surface area contributed by atoms with Crippen molar-refractivity contribution in [3.8, 4) is 16.9 Å². The first-order chi connectivity index (χ1) is 16.6. The molecule has 0 radical (unpaired) electrons. The molecular formula is C24H23ClN6O2S. The lowest BCUT2D eigenvalue weighted by Gasteiger charge is -2.41. The Balaban J connectivity index is 1.49. The number of halogens is 1. The molecule has 1 fully saturated rings. The fourth-order valence-electron chi connectivity index (χ4n) is 5.10. The number of aromatic nitrogens is 4. The lowest BCUT2D eigenvalue weighted by molar-refractivity contribution is -0.131. The van der Waals surface area contributed by atoms with Crippen LogP contribution >= 0.6 is 24.2 Å². The van der Waals surface area contributed by atoms with E-state index >= 15 is 0 Å². The van der Waals surface area contributed by atoms with Gasteiger partial charge in [-0.3, -0.25) is 9.89 Å². The number of rotatable bonds is 3. The normalized spacial score (nSPS) is 17.6. The Labute approximate surface area is 206 Å². The molecule has 0 saturated carbocycles. The van der Waals surface area contributed by atoms with Crippen LogP contribution in [0.4, 0.5) is 5.82 Å². The summed E-state index contributed by atoms with van der Waals surface area (Å²) in [6.45, 7) is 4.34. The van der Waals surface area contributed by atoms with Gasteiger partial charge >= 0.3 is 0 Å². The largest absolute Gasteiger partial charge is 0.489 e. The third-order valence-corrected chi connectivity index (χ3v) is 7.35. The van der Waals surface area contributed by atoms with Crippen LogP contribution in [0.3, 0.4) is 0 Å². The average molecular weight is 495 g/mol. The number of piperazine rings is 1. The van der Waals surface area contributed by atoms with E-state index in [0.29, 0.717) is 49.2 Å². The smallest absolute Gasteiger partial charge is 0.223 e. The van der Waals surface area contributed by atoms with E-state index in [-0.39, 0.29) is 11.9 Å². The van der Waals surface area contributed by atoms with Gasteiger partial charge in [-0.1, -0.05) is 17.7 Å². The minimum absolute atomic E-state index is 0.0262. The molecule has 10 heteroatoms. The monoisotopic (exact) mass is 494 g/mol. The van der Waals surface area contributed by atoms with Crippen molar-refractivity contribution in [3.05, 3.63) is 41.3 Å². The molecule has 6 rings (SSSR count). The third-order valence-electron chi connectivity index (χ3n) is 6.76. The van der Waals surface area contributed by atoms with E-state index in [1.54, 1.807) is 6.33 Å². The van der Waals surface area contributed by atoms with E-state index in [1.165, 1.54) is 0 Å². The summed E-state index contributed by atoms with van der Waals surface area (Å²) in [6, 6.07) is 6.05. The molecule has 2 aromatic heterocycles. The van der Waals surface area contributed by atoms with Crippen LogP contribution in [0.2, 0.25) is 5.02 Å². The number of carbonyl (C=O) groups is 1. The Morgan fingerprint density at radius 1 is 1.32 bits per heavy atom. The van der Waals surface area contributed by atoms with Gasteiger partial charge in [0.15, 0.2) is 5.75 Å². The maximum Gasteiger partial charge on any atom is 0.223 e. The van der Waals surface area contributed by atoms with Gasteiger partial charge < -0.3 is 14.5 Å². The minimum atomic E-state index is -0.0262. The number of amides is 1. The molecule has 8 nitrogen and oxygen atoms in total. The SMILES string of the molecule is Cc1ccc2[nH]ncc2c1-c1cc2ncnc3c2c(c1Cl)OC[C@@H]1CN(C(=O)CCS)CCN31. The number of benzene rings is 2. The standard InChI is InChI=1S/C24H23ClN6O2S/c1-13-2-3-17-16(9-28-29-17)20(13)15-8-18-21-23(22(15)25)33-11-14-10-30(19(32)4-7-34)5-6-31(14)24(21)27-12-26-18/h2-3,8-9,12,14,34H,4-7,10-11H2,1H3,(H,28,29)/t14-/m0/s1. The first kappa shape index (κ1) is 21.5. The Morgan fingerprint density at radius 2 is 2.21 bits per heavy atom. The summed E-state index contributed by atoms with van der Waals surface area (Å²) >= 11 is 11.3. The third kappa shape index (κ3) is 3.29. The van der Waals surface area contributed by atoms with Gasteiger partial charge in [0.1, 0.15) is 18.8 Å². The highest BCUT2D eigenvalue weighted by Crippen LogP contribution is 2.47. The van der Waals surface area contributed by atoms with Gasteiger partial charge in [-0.05, 0) is 35.9 Å². The summed E-state index contributed by atoms with van der Waals surface area (Å²) in [5.74, 6) is 2.05. The van der Waals surface area contributed by atoms with Crippen molar-refractivity contribution in [2.75, 3.05) is 36.9 Å². The first-order valence-electron chi connectivity index (χ1n) is 11.2.